The number of imidazole rings is 1. The van der Waals surface area contributed by atoms with Crippen molar-refractivity contribution in [3.8, 4) is 33.6 Å². The third-order valence-corrected chi connectivity index (χ3v) is 10.5. The van der Waals surface area contributed by atoms with E-state index in [1.54, 1.807) is 0 Å². The van der Waals surface area contributed by atoms with Gasteiger partial charge in [-0.15, -0.1) is 0 Å². The Hall–Kier alpha value is -4.65. The zero-order chi connectivity index (χ0) is 35.1. The van der Waals surface area contributed by atoms with Crippen molar-refractivity contribution in [2.75, 3.05) is 13.1 Å². The summed E-state index contributed by atoms with van der Waals surface area (Å²) in [5.74, 6) is 3.01. The van der Waals surface area contributed by atoms with Crippen LogP contribution in [0.4, 0.5) is 0 Å². The second kappa shape index (κ2) is 13.9. The molecular formula is C43H51N5O2. The number of aromatic nitrogens is 3. The Morgan fingerprint density at radius 3 is 1.84 bits per heavy atom. The number of carbonyl (C=O) groups excluding carboxylic acids is 2. The van der Waals surface area contributed by atoms with Crippen LogP contribution in [0.1, 0.15) is 90.8 Å². The third kappa shape index (κ3) is 7.01. The first kappa shape index (κ1) is 33.8. The van der Waals surface area contributed by atoms with Gasteiger partial charge in [-0.3, -0.25) is 9.59 Å². The average molecular weight is 670 g/mol. The van der Waals surface area contributed by atoms with Gasteiger partial charge in [-0.05, 0) is 93.8 Å². The number of nitrogens with zero attached hydrogens (tertiary/aromatic N) is 3. The van der Waals surface area contributed by atoms with Gasteiger partial charge >= 0.3 is 0 Å². The number of likely N-dealkylation sites (tertiary alicyclic amines) is 2. The SMILES string of the molecule is CC(C)CC(=O)N1C[C@@H](C)C[C@H]1c1ccc(-c2ccc3cc(-c4ccc(-c5cnc([C@@H]6C[C@H](C)CN6C(=O)CC(C)C)[nH]5)cc4)ccc3c2)[nH]1. The monoisotopic (exact) mass is 669 g/mol. The van der Waals surface area contributed by atoms with Gasteiger partial charge in [0.2, 0.25) is 11.8 Å². The molecule has 2 fully saturated rings. The van der Waals surface area contributed by atoms with Crippen LogP contribution in [0.3, 0.4) is 0 Å². The number of nitrogens with one attached hydrogen (secondary N) is 2. The van der Waals surface area contributed by atoms with Crippen molar-refractivity contribution in [2.24, 2.45) is 23.7 Å². The molecule has 2 aliphatic heterocycles. The lowest BCUT2D eigenvalue weighted by atomic mass is 9.98. The van der Waals surface area contributed by atoms with Crippen molar-refractivity contribution in [1.29, 1.82) is 0 Å². The van der Waals surface area contributed by atoms with Crippen LogP contribution < -0.4 is 0 Å². The number of amides is 2. The maximum atomic E-state index is 13.0. The summed E-state index contributed by atoms with van der Waals surface area (Å²) in [5.41, 5.74) is 7.73. The van der Waals surface area contributed by atoms with E-state index < -0.39 is 0 Å². The molecule has 2 N–H and O–H groups in total. The van der Waals surface area contributed by atoms with E-state index in [9.17, 15) is 9.59 Å². The number of rotatable bonds is 9. The lowest BCUT2D eigenvalue weighted by Gasteiger charge is -2.25. The van der Waals surface area contributed by atoms with Gasteiger partial charge in [0.15, 0.2) is 0 Å². The fourth-order valence-corrected chi connectivity index (χ4v) is 7.99. The Morgan fingerprint density at radius 1 is 0.660 bits per heavy atom. The highest BCUT2D eigenvalue weighted by atomic mass is 16.2. The second-order valence-corrected chi connectivity index (χ2v) is 15.9. The van der Waals surface area contributed by atoms with E-state index in [0.29, 0.717) is 36.5 Å². The van der Waals surface area contributed by atoms with E-state index in [1.165, 1.54) is 16.3 Å². The maximum absolute atomic E-state index is 13.0. The fourth-order valence-electron chi connectivity index (χ4n) is 7.99. The normalized spacial score (nSPS) is 20.9. The molecular weight excluding hydrogens is 619 g/mol. The first-order chi connectivity index (χ1) is 24.0. The predicted molar refractivity (Wildman–Crippen MR) is 202 cm³/mol. The van der Waals surface area contributed by atoms with Gasteiger partial charge < -0.3 is 19.8 Å². The molecule has 2 saturated heterocycles. The van der Waals surface area contributed by atoms with Crippen LogP contribution in [-0.2, 0) is 9.59 Å². The highest BCUT2D eigenvalue weighted by Crippen LogP contribution is 2.38. The Balaban J connectivity index is 1.05. The van der Waals surface area contributed by atoms with Gasteiger partial charge in [-0.1, -0.05) is 90.1 Å². The molecule has 0 saturated carbocycles. The van der Waals surface area contributed by atoms with Crippen molar-refractivity contribution >= 4 is 22.6 Å². The highest BCUT2D eigenvalue weighted by Gasteiger charge is 2.36. The van der Waals surface area contributed by atoms with E-state index in [1.807, 2.05) is 11.1 Å². The summed E-state index contributed by atoms with van der Waals surface area (Å²) in [6.45, 7) is 14.5. The Labute approximate surface area is 296 Å². The van der Waals surface area contributed by atoms with Crippen LogP contribution in [0.15, 0.2) is 79.0 Å². The van der Waals surface area contributed by atoms with Crippen molar-refractivity contribution in [1.82, 2.24) is 24.8 Å². The van der Waals surface area contributed by atoms with E-state index in [-0.39, 0.29) is 23.9 Å². The van der Waals surface area contributed by atoms with Crippen LogP contribution >= 0.6 is 0 Å². The molecule has 3 aromatic carbocycles. The van der Waals surface area contributed by atoms with Gasteiger partial charge in [0, 0.05) is 37.3 Å². The molecule has 2 aliphatic rings. The third-order valence-electron chi connectivity index (χ3n) is 10.5. The summed E-state index contributed by atoms with van der Waals surface area (Å²) in [7, 11) is 0. The molecule has 0 unspecified atom stereocenters. The topological polar surface area (TPSA) is 85.1 Å². The lowest BCUT2D eigenvalue weighted by molar-refractivity contribution is -0.134. The van der Waals surface area contributed by atoms with E-state index in [0.717, 1.165) is 65.5 Å². The number of H-pyrrole nitrogens is 2. The average Bonchev–Trinajstić information content (AvgIpc) is 3.90. The number of fused-ring (bicyclic) bond motifs is 1. The maximum Gasteiger partial charge on any atom is 0.223 e. The first-order valence-corrected chi connectivity index (χ1v) is 18.5. The summed E-state index contributed by atoms with van der Waals surface area (Å²) >= 11 is 0. The molecule has 0 aliphatic carbocycles. The van der Waals surface area contributed by atoms with Crippen LogP contribution in [0, 0.1) is 23.7 Å². The second-order valence-electron chi connectivity index (χ2n) is 15.9. The van der Waals surface area contributed by atoms with Gasteiger partial charge in [0.25, 0.3) is 0 Å². The molecule has 5 aromatic rings. The molecule has 7 heteroatoms. The molecule has 0 radical (unpaired) electrons. The summed E-state index contributed by atoms with van der Waals surface area (Å²) in [6, 6.07) is 26.3. The molecule has 4 heterocycles. The molecule has 7 rings (SSSR count). The smallest absolute Gasteiger partial charge is 0.223 e. The van der Waals surface area contributed by atoms with E-state index in [4.69, 9.17) is 4.98 Å². The molecule has 2 amide bonds. The van der Waals surface area contributed by atoms with Crippen molar-refractivity contribution in [3.05, 3.63) is 90.5 Å². The minimum absolute atomic E-state index is 0.00755. The number of hydrogen-bond acceptors (Lipinski definition) is 3. The standard InChI is InChI=1S/C43H51N5O2/c1-26(2)17-41(49)47-24-28(5)19-39(47)37-16-15-36(45-37)35-14-13-33-21-32(11-12-34(33)22-35)30-7-9-31(10-8-30)38-23-44-43(46-38)40-20-29(6)25-48(40)42(50)18-27(3)4/h7-16,21-23,26-29,39-40,45H,17-20,24-25H2,1-6H3,(H,44,46)/t28-,29-,39-,40-/m0/s1. The molecule has 0 spiro atoms. The molecule has 0 bridgehead atoms. The molecule has 260 valence electrons. The summed E-state index contributed by atoms with van der Waals surface area (Å²) in [5, 5.41) is 2.38. The van der Waals surface area contributed by atoms with Crippen LogP contribution in [0.25, 0.3) is 44.4 Å². The molecule has 4 atom stereocenters. The molecule has 2 aromatic heterocycles. The van der Waals surface area contributed by atoms with E-state index >= 15 is 0 Å². The number of hydrogen-bond donors (Lipinski definition) is 2. The summed E-state index contributed by atoms with van der Waals surface area (Å²) < 4.78 is 0. The van der Waals surface area contributed by atoms with Gasteiger partial charge in [0.1, 0.15) is 5.82 Å². The Kier molecular flexibility index (Phi) is 9.42. The molecule has 7 nitrogen and oxygen atoms in total. The summed E-state index contributed by atoms with van der Waals surface area (Å²) in [4.78, 5) is 42.1. The van der Waals surface area contributed by atoms with Gasteiger partial charge in [-0.25, -0.2) is 4.98 Å². The quantitative estimate of drug-likeness (QED) is 0.164. The predicted octanol–water partition coefficient (Wildman–Crippen LogP) is 9.80. The zero-order valence-electron chi connectivity index (χ0n) is 30.4. The zero-order valence-corrected chi connectivity index (χ0v) is 30.4. The lowest BCUT2D eigenvalue weighted by Crippen LogP contribution is -2.32. The highest BCUT2D eigenvalue weighted by molar-refractivity contribution is 5.90. The Bertz CT molecular complexity index is 1990. The van der Waals surface area contributed by atoms with Crippen LogP contribution in [0.5, 0.6) is 0 Å². The number of carbonyl (C=O) groups is 2. The largest absolute Gasteiger partial charge is 0.357 e. The number of aromatic amines is 2. The minimum atomic E-state index is 0.00755. The van der Waals surface area contributed by atoms with Gasteiger partial charge in [-0.2, -0.15) is 0 Å². The Morgan fingerprint density at radius 2 is 1.20 bits per heavy atom. The van der Waals surface area contributed by atoms with Crippen LogP contribution in [0.2, 0.25) is 0 Å². The fraction of sp³-hybridized carbons (Fsp3) is 0.419. The summed E-state index contributed by atoms with van der Waals surface area (Å²) in [6.07, 6.45) is 5.00. The first-order valence-electron chi connectivity index (χ1n) is 18.5. The van der Waals surface area contributed by atoms with Crippen molar-refractivity contribution in [3.63, 3.8) is 0 Å². The van der Waals surface area contributed by atoms with E-state index in [2.05, 4.69) is 129 Å². The van der Waals surface area contributed by atoms with Crippen LogP contribution in [-0.4, -0.2) is 49.7 Å². The molecule has 50 heavy (non-hydrogen) atoms. The minimum Gasteiger partial charge on any atom is -0.357 e. The van der Waals surface area contributed by atoms with Gasteiger partial charge in [0.05, 0.1) is 24.0 Å². The van der Waals surface area contributed by atoms with Crippen molar-refractivity contribution in [2.45, 2.75) is 79.3 Å². The number of benzene rings is 3. The van der Waals surface area contributed by atoms with Crippen molar-refractivity contribution < 1.29 is 9.59 Å².